The predicted molar refractivity (Wildman–Crippen MR) is 398 cm³/mol. The first-order valence-corrected chi connectivity index (χ1v) is 36.5. The molecule has 0 saturated heterocycles. The molecule has 1 aromatic heterocycles. The Balaban J connectivity index is 0.000000142. The van der Waals surface area contributed by atoms with Crippen LogP contribution in [0.1, 0.15) is 131 Å². The third kappa shape index (κ3) is 16.0. The van der Waals surface area contributed by atoms with Crippen molar-refractivity contribution in [1.29, 1.82) is 0 Å². The molecule has 14 rings (SSSR count). The van der Waals surface area contributed by atoms with Crippen LogP contribution in [0.2, 0.25) is 5.02 Å². The lowest BCUT2D eigenvalue weighted by atomic mass is 9.85. The number of carbonyl (C=O) groups excluding carboxylic acids is 10. The summed E-state index contributed by atoms with van der Waals surface area (Å²) in [5.74, 6) is -2.85. The quantitative estimate of drug-likeness (QED) is 0.0833. The fraction of sp³-hybridized carbons (Fsp3) is 0.0886. The highest BCUT2D eigenvalue weighted by molar-refractivity contribution is 9.10. The zero-order valence-corrected chi connectivity index (χ0v) is 61.4. The van der Waals surface area contributed by atoms with Crippen molar-refractivity contribution in [2.24, 2.45) is 0 Å². The molecule has 26 heteroatoms. The number of methoxy groups -OCH3 is 3. The number of anilines is 2. The maximum atomic E-state index is 12.7. The number of hydrogen-bond acceptors (Lipinski definition) is 20. The molecule has 5 aliphatic carbocycles. The lowest BCUT2D eigenvalue weighted by Crippen LogP contribution is -2.34. The van der Waals surface area contributed by atoms with Crippen LogP contribution in [0.5, 0.6) is 5.75 Å². The summed E-state index contributed by atoms with van der Waals surface area (Å²) in [6.07, 6.45) is 0. The number of fused-ring (bicyclic) bond motifs is 5. The first kappa shape index (κ1) is 75.8. The number of nitrogens with one attached hydrogen (secondary N) is 4. The molecule has 530 valence electrons. The van der Waals surface area contributed by atoms with E-state index in [-0.39, 0.29) is 83.3 Å². The summed E-state index contributed by atoms with van der Waals surface area (Å²) in [6.45, 7) is 6.73. The largest absolute Gasteiger partial charge is 0.497 e. The minimum atomic E-state index is -4.06. The van der Waals surface area contributed by atoms with Crippen molar-refractivity contribution < 1.29 is 79.0 Å². The van der Waals surface area contributed by atoms with Gasteiger partial charge in [0.2, 0.25) is 34.7 Å². The molecular weight excluding hydrogens is 1490 g/mol. The molecule has 0 bridgehead atoms. The monoisotopic (exact) mass is 1550 g/mol. The van der Waals surface area contributed by atoms with Gasteiger partial charge in [-0.1, -0.05) is 155 Å². The number of thiophene rings is 1. The van der Waals surface area contributed by atoms with E-state index < -0.39 is 48.9 Å². The van der Waals surface area contributed by atoms with Gasteiger partial charge in [0, 0.05) is 98.8 Å². The van der Waals surface area contributed by atoms with Gasteiger partial charge in [0.1, 0.15) is 21.4 Å². The van der Waals surface area contributed by atoms with Gasteiger partial charge >= 0.3 is 0 Å². The number of hydrogen-bond donors (Lipinski definition) is 4. The molecule has 4 N–H and O–H groups in total. The summed E-state index contributed by atoms with van der Waals surface area (Å²) < 4.78 is 70.0. The van der Waals surface area contributed by atoms with Crippen LogP contribution in [0.3, 0.4) is 0 Å². The lowest BCUT2D eigenvalue weighted by molar-refractivity contribution is 0.0902. The van der Waals surface area contributed by atoms with Crippen LogP contribution in [0, 0.1) is 0 Å². The zero-order chi connectivity index (χ0) is 75.8. The Morgan fingerprint density at radius 2 is 0.638 bits per heavy atom. The molecule has 0 fully saturated rings. The first-order chi connectivity index (χ1) is 50.1. The highest BCUT2D eigenvalue weighted by Gasteiger charge is 2.38. The summed E-state index contributed by atoms with van der Waals surface area (Å²) >= 11 is 10.1. The molecule has 0 spiro atoms. The molecule has 1 heterocycles. The van der Waals surface area contributed by atoms with Crippen molar-refractivity contribution in [2.75, 3.05) is 32.0 Å². The molecule has 0 amide bonds. The van der Waals surface area contributed by atoms with Crippen LogP contribution in [0.15, 0.2) is 282 Å². The van der Waals surface area contributed by atoms with E-state index >= 15 is 0 Å². The molecule has 0 aliphatic heterocycles. The smallest absolute Gasteiger partial charge is 0.271 e. The predicted octanol–water partition coefficient (Wildman–Crippen LogP) is 14.6. The number of rotatable bonds is 13. The van der Waals surface area contributed by atoms with Crippen LogP contribution in [-0.4, -0.2) is 96.0 Å². The van der Waals surface area contributed by atoms with Gasteiger partial charge in [-0.15, -0.1) is 11.3 Å². The minimum absolute atomic E-state index is 0.0299. The Hall–Kier alpha value is -11.9. The van der Waals surface area contributed by atoms with Gasteiger partial charge in [-0.05, 0) is 112 Å². The van der Waals surface area contributed by atoms with Gasteiger partial charge in [0.25, 0.3) is 20.0 Å². The third-order valence-corrected chi connectivity index (χ3v) is 21.7. The second kappa shape index (κ2) is 32.2. The molecule has 105 heavy (non-hydrogen) atoms. The van der Waals surface area contributed by atoms with Crippen LogP contribution < -0.4 is 24.8 Å². The van der Waals surface area contributed by atoms with Crippen LogP contribution in [-0.2, 0) is 29.5 Å². The summed E-state index contributed by atoms with van der Waals surface area (Å²) in [6, 6.07) is 56.1. The van der Waals surface area contributed by atoms with Gasteiger partial charge in [-0.25, -0.2) is 16.8 Å². The van der Waals surface area contributed by atoms with Crippen LogP contribution in [0.4, 0.5) is 11.4 Å². The molecule has 0 unspecified atom stereocenters. The Bertz CT molecular complexity index is 5500. The Morgan fingerprint density at radius 1 is 0.333 bits per heavy atom. The van der Waals surface area contributed by atoms with E-state index in [0.717, 1.165) is 22.8 Å². The minimum Gasteiger partial charge on any atom is -0.497 e. The van der Waals surface area contributed by atoms with Crippen molar-refractivity contribution in [3.8, 4) is 5.75 Å². The molecule has 0 radical (unpaired) electrons. The van der Waals surface area contributed by atoms with Crippen molar-refractivity contribution >= 4 is 128 Å². The van der Waals surface area contributed by atoms with Crippen LogP contribution >= 0.6 is 38.9 Å². The average Bonchev–Trinajstić information content (AvgIpc) is 1.53. The number of ether oxygens (including phenoxy) is 3. The molecule has 0 saturated carbocycles. The van der Waals surface area contributed by atoms with Crippen molar-refractivity contribution in [3.63, 3.8) is 0 Å². The van der Waals surface area contributed by atoms with E-state index in [2.05, 4.69) is 36.0 Å². The standard InChI is InChI=1S/C18H15NO3.C17H12BrNO5S.C17H12ClNO2.C15H11NO5S2.C12H10O2/c1-11-16(19-12-7-9-13(22-2)10-8-12)18(21)15-6-4-3-5-14(15)17(11)20;1-24-17-14(15(20)12-4-2-3-5-13(12)16(17)21)19-25(22,23)11-8-6-10(18)7-9-11;1-10-15(19-12-8-6-11(18)7-9-12)17(21)14-5-3-2-4-13(14)16(10)20;1-21-15-12(16-23(19,20)11-7-4-8-22-11)13(17)9-5-2-3-6-10(9)14(15)18;1-7-8(2)12(14)10-6-4-3-5-9(10)11(7)13/h3-10,19H,1-2H3;2-9,19H,1H3;2-9,19H,1H3;2-8,16H,1H3;3-6H,1-2H3. The topological polar surface area (TPSA) is 315 Å². The summed E-state index contributed by atoms with van der Waals surface area (Å²) in [5, 5.41) is 8.30. The van der Waals surface area contributed by atoms with Gasteiger partial charge in [-0.2, -0.15) is 0 Å². The van der Waals surface area contributed by atoms with E-state index in [0.29, 0.717) is 82.2 Å². The lowest BCUT2D eigenvalue weighted by Gasteiger charge is -2.20. The summed E-state index contributed by atoms with van der Waals surface area (Å²) in [7, 11) is -4.00. The molecule has 9 aromatic rings. The fourth-order valence-electron chi connectivity index (χ4n) is 11.1. The zero-order valence-electron chi connectivity index (χ0n) is 56.6. The van der Waals surface area contributed by atoms with E-state index in [1.165, 1.54) is 56.7 Å². The third-order valence-electron chi connectivity index (χ3n) is 16.8. The van der Waals surface area contributed by atoms with E-state index in [1.807, 2.05) is 0 Å². The van der Waals surface area contributed by atoms with Gasteiger partial charge in [-0.3, -0.25) is 57.4 Å². The van der Waals surface area contributed by atoms with Crippen molar-refractivity contribution in [1.82, 2.24) is 9.44 Å². The highest BCUT2D eigenvalue weighted by atomic mass is 79.9. The fourth-order valence-corrected chi connectivity index (χ4v) is 14.6. The first-order valence-electron chi connectivity index (χ1n) is 31.5. The van der Waals surface area contributed by atoms with Gasteiger partial charge in [0.15, 0.2) is 34.7 Å². The van der Waals surface area contributed by atoms with E-state index in [4.69, 9.17) is 25.8 Å². The van der Waals surface area contributed by atoms with E-state index in [1.54, 1.807) is 204 Å². The average molecular weight is 1550 g/mol. The maximum Gasteiger partial charge on any atom is 0.271 e. The Kier molecular flexibility index (Phi) is 23.2. The number of carbonyl (C=O) groups is 10. The molecule has 8 aromatic carbocycles. The SMILES string of the molecule is CC1=C(C)C(=O)c2ccccc2C1=O.CC1=C(Nc2ccc(Cl)cc2)C(=O)c2ccccc2C1=O.COC1=C(NS(=O)(=O)c2ccc(Br)cc2)C(=O)c2ccccc2C1=O.COC1=C(NS(=O)(=O)c2cccs2)C(=O)c2ccccc2C1=O.COc1ccc(NC2=C(C)C(=O)c3ccccc3C2=O)cc1. The number of benzene rings is 8. The molecule has 21 nitrogen and oxygen atoms in total. The van der Waals surface area contributed by atoms with E-state index in [9.17, 15) is 64.8 Å². The normalized spacial score (nSPS) is 14.5. The van der Waals surface area contributed by atoms with Crippen molar-refractivity contribution in [2.45, 2.75) is 36.8 Å². The molecule has 0 atom stereocenters. The number of sulfonamides is 2. The number of halogens is 2. The van der Waals surface area contributed by atoms with Crippen LogP contribution in [0.25, 0.3) is 0 Å². The highest BCUT2D eigenvalue weighted by Crippen LogP contribution is 2.33. The number of Topliss-reactive ketones (excluding diaryl/α,β-unsaturated/α-hetero) is 10. The second-order valence-electron chi connectivity index (χ2n) is 23.2. The molecule has 5 aliphatic rings. The second-order valence-corrected chi connectivity index (χ2v) is 29.1. The van der Waals surface area contributed by atoms with Gasteiger partial charge < -0.3 is 24.8 Å². The molecular formula is C79H60BrClN4O17S3. The Labute approximate surface area is 620 Å². The number of allylic oxidation sites excluding steroid dienone is 10. The van der Waals surface area contributed by atoms with Crippen molar-refractivity contribution in [3.05, 3.63) is 333 Å². The maximum absolute atomic E-state index is 12.7. The summed E-state index contributed by atoms with van der Waals surface area (Å²) in [5.41, 5.74) is 6.80. The number of ketones is 10. The van der Waals surface area contributed by atoms with Gasteiger partial charge in [0.05, 0.1) is 37.6 Å². The Morgan fingerprint density at radius 3 is 0.962 bits per heavy atom. The summed E-state index contributed by atoms with van der Waals surface area (Å²) in [4.78, 5) is 124.